The van der Waals surface area contributed by atoms with Gasteiger partial charge in [-0.25, -0.2) is 9.79 Å². The molecule has 0 atom stereocenters. The van der Waals surface area contributed by atoms with Crippen molar-refractivity contribution < 1.29 is 14.3 Å². The van der Waals surface area contributed by atoms with E-state index in [1.54, 1.807) is 13.2 Å². The molecule has 100 valence electrons. The smallest absolute Gasteiger partial charge is 0.363 e. The van der Waals surface area contributed by atoms with Gasteiger partial charge >= 0.3 is 5.97 Å². The molecule has 19 heavy (non-hydrogen) atoms. The van der Waals surface area contributed by atoms with Crippen molar-refractivity contribution in [3.05, 3.63) is 35.0 Å². The summed E-state index contributed by atoms with van der Waals surface area (Å²) in [6, 6.07) is 5.77. The number of hydrogen-bond acceptors (Lipinski definition) is 4. The molecule has 0 fully saturated rings. The van der Waals surface area contributed by atoms with Crippen molar-refractivity contribution in [2.45, 2.75) is 20.8 Å². The second kappa shape index (κ2) is 5.26. The molecule has 0 amide bonds. The maximum Gasteiger partial charge on any atom is 0.363 e. The molecule has 1 heterocycles. The average Bonchev–Trinajstić information content (AvgIpc) is 2.72. The minimum absolute atomic E-state index is 0.0919. The fraction of sp³-hybridized carbons (Fsp3) is 0.333. The first kappa shape index (κ1) is 13.3. The molecule has 2 rings (SSSR count). The van der Waals surface area contributed by atoms with Gasteiger partial charge in [0.05, 0.1) is 7.11 Å². The Bertz CT molecular complexity index is 571. The number of carbonyl (C=O) groups excluding carboxylic acids is 1. The van der Waals surface area contributed by atoms with E-state index in [-0.39, 0.29) is 5.92 Å². The Morgan fingerprint density at radius 3 is 2.68 bits per heavy atom. The summed E-state index contributed by atoms with van der Waals surface area (Å²) in [7, 11) is 1.60. The van der Waals surface area contributed by atoms with Crippen LogP contribution in [-0.4, -0.2) is 19.0 Å². The van der Waals surface area contributed by atoms with Crippen LogP contribution in [0.25, 0.3) is 6.08 Å². The van der Waals surface area contributed by atoms with E-state index in [1.165, 1.54) is 0 Å². The van der Waals surface area contributed by atoms with Crippen LogP contribution < -0.4 is 4.74 Å². The SMILES string of the molecule is COc1ccc(C)cc1/C=C1/N=C(C(C)C)OC1=O. The number of aliphatic imine (C=N–C) groups is 1. The minimum atomic E-state index is -0.410. The van der Waals surface area contributed by atoms with Crippen LogP contribution in [-0.2, 0) is 9.53 Å². The van der Waals surface area contributed by atoms with E-state index in [9.17, 15) is 4.79 Å². The number of hydrogen-bond donors (Lipinski definition) is 0. The van der Waals surface area contributed by atoms with Gasteiger partial charge in [-0.2, -0.15) is 0 Å². The highest BCUT2D eigenvalue weighted by molar-refractivity contribution is 6.07. The van der Waals surface area contributed by atoms with Gasteiger partial charge in [0, 0.05) is 11.5 Å². The average molecular weight is 259 g/mol. The zero-order valence-corrected chi connectivity index (χ0v) is 11.6. The summed E-state index contributed by atoms with van der Waals surface area (Å²) in [5, 5.41) is 0. The van der Waals surface area contributed by atoms with Crippen LogP contribution in [0.1, 0.15) is 25.0 Å². The molecule has 0 aliphatic carbocycles. The highest BCUT2D eigenvalue weighted by atomic mass is 16.6. The molecule has 0 bridgehead atoms. The number of rotatable bonds is 3. The molecule has 0 spiro atoms. The Balaban J connectivity index is 2.41. The molecule has 0 saturated carbocycles. The number of benzene rings is 1. The zero-order chi connectivity index (χ0) is 14.0. The van der Waals surface area contributed by atoms with Crippen molar-refractivity contribution in [3.63, 3.8) is 0 Å². The number of nitrogens with zero attached hydrogens (tertiary/aromatic N) is 1. The van der Waals surface area contributed by atoms with Crippen LogP contribution in [0.4, 0.5) is 0 Å². The van der Waals surface area contributed by atoms with Gasteiger partial charge in [0.2, 0.25) is 5.90 Å². The van der Waals surface area contributed by atoms with Crippen molar-refractivity contribution in [1.82, 2.24) is 0 Å². The lowest BCUT2D eigenvalue weighted by Crippen LogP contribution is -2.09. The van der Waals surface area contributed by atoms with Crippen LogP contribution in [0, 0.1) is 12.8 Å². The van der Waals surface area contributed by atoms with Gasteiger partial charge in [-0.05, 0) is 25.1 Å². The summed E-state index contributed by atoms with van der Waals surface area (Å²) >= 11 is 0. The number of aryl methyl sites for hydroxylation is 1. The molecule has 0 N–H and O–H groups in total. The Kier molecular flexibility index (Phi) is 3.69. The van der Waals surface area contributed by atoms with E-state index in [4.69, 9.17) is 9.47 Å². The Morgan fingerprint density at radius 1 is 1.37 bits per heavy atom. The molecule has 0 saturated heterocycles. The van der Waals surface area contributed by atoms with Gasteiger partial charge < -0.3 is 9.47 Å². The molecule has 4 nitrogen and oxygen atoms in total. The predicted octanol–water partition coefficient (Wildman–Crippen LogP) is 2.96. The highest BCUT2D eigenvalue weighted by Gasteiger charge is 2.25. The lowest BCUT2D eigenvalue weighted by molar-refractivity contribution is -0.130. The maximum absolute atomic E-state index is 11.7. The first-order chi connectivity index (χ1) is 9.01. The predicted molar refractivity (Wildman–Crippen MR) is 74.1 cm³/mol. The van der Waals surface area contributed by atoms with Crippen LogP contribution in [0.2, 0.25) is 0 Å². The molecule has 0 aromatic heterocycles. The quantitative estimate of drug-likeness (QED) is 0.619. The standard InChI is InChI=1S/C15H17NO3/c1-9(2)14-16-12(15(17)19-14)8-11-7-10(3)5-6-13(11)18-4/h5-9H,1-4H3/b12-8+. The Hall–Kier alpha value is -2.10. The third-order valence-corrected chi connectivity index (χ3v) is 2.81. The lowest BCUT2D eigenvalue weighted by atomic mass is 10.1. The van der Waals surface area contributed by atoms with E-state index in [1.807, 2.05) is 39.0 Å². The zero-order valence-electron chi connectivity index (χ0n) is 11.6. The summed E-state index contributed by atoms with van der Waals surface area (Å²) in [5.74, 6) is 0.850. The normalized spacial score (nSPS) is 16.8. The molecule has 1 aromatic carbocycles. The van der Waals surface area contributed by atoms with E-state index >= 15 is 0 Å². The monoisotopic (exact) mass is 259 g/mol. The Morgan fingerprint density at radius 2 is 2.11 bits per heavy atom. The summed E-state index contributed by atoms with van der Waals surface area (Å²) in [4.78, 5) is 16.0. The summed E-state index contributed by atoms with van der Waals surface area (Å²) in [6.07, 6.45) is 1.70. The van der Waals surface area contributed by atoms with Crippen molar-refractivity contribution >= 4 is 17.9 Å². The fourth-order valence-electron chi connectivity index (χ4n) is 1.79. The fourth-order valence-corrected chi connectivity index (χ4v) is 1.79. The summed E-state index contributed by atoms with van der Waals surface area (Å²) in [5.41, 5.74) is 2.22. The van der Waals surface area contributed by atoms with Crippen molar-refractivity contribution in [2.24, 2.45) is 10.9 Å². The number of esters is 1. The number of ether oxygens (including phenoxy) is 2. The molecule has 1 aliphatic rings. The molecular weight excluding hydrogens is 242 g/mol. The van der Waals surface area contributed by atoms with Crippen LogP contribution in [0.15, 0.2) is 28.9 Å². The molecular formula is C15H17NO3. The van der Waals surface area contributed by atoms with E-state index in [2.05, 4.69) is 4.99 Å². The molecule has 0 radical (unpaired) electrons. The van der Waals surface area contributed by atoms with Gasteiger partial charge in [-0.15, -0.1) is 0 Å². The Labute approximate surface area is 112 Å². The molecule has 1 aromatic rings. The van der Waals surface area contributed by atoms with E-state index in [0.29, 0.717) is 17.3 Å². The second-order valence-electron chi connectivity index (χ2n) is 4.77. The minimum Gasteiger partial charge on any atom is -0.496 e. The molecule has 4 heteroatoms. The van der Waals surface area contributed by atoms with Crippen molar-refractivity contribution in [3.8, 4) is 5.75 Å². The van der Waals surface area contributed by atoms with Crippen molar-refractivity contribution in [1.29, 1.82) is 0 Å². The number of cyclic esters (lactones) is 1. The summed E-state index contributed by atoms with van der Waals surface area (Å²) < 4.78 is 10.4. The lowest BCUT2D eigenvalue weighted by Gasteiger charge is -2.05. The molecule has 0 unspecified atom stereocenters. The van der Waals surface area contributed by atoms with Crippen molar-refractivity contribution in [2.75, 3.05) is 7.11 Å². The van der Waals surface area contributed by atoms with Gasteiger partial charge in [0.1, 0.15) is 5.75 Å². The number of methoxy groups -OCH3 is 1. The number of carbonyl (C=O) groups is 1. The topological polar surface area (TPSA) is 47.9 Å². The third-order valence-electron chi connectivity index (χ3n) is 2.81. The summed E-state index contributed by atoms with van der Waals surface area (Å²) in [6.45, 7) is 5.85. The largest absolute Gasteiger partial charge is 0.496 e. The molecule has 1 aliphatic heterocycles. The second-order valence-corrected chi connectivity index (χ2v) is 4.77. The van der Waals surface area contributed by atoms with Gasteiger partial charge in [-0.1, -0.05) is 25.5 Å². The van der Waals surface area contributed by atoms with Gasteiger partial charge in [0.25, 0.3) is 0 Å². The van der Waals surface area contributed by atoms with Gasteiger partial charge in [0.15, 0.2) is 5.70 Å². The first-order valence-corrected chi connectivity index (χ1v) is 6.18. The van der Waals surface area contributed by atoms with E-state index < -0.39 is 5.97 Å². The van der Waals surface area contributed by atoms with Crippen LogP contribution >= 0.6 is 0 Å². The first-order valence-electron chi connectivity index (χ1n) is 6.18. The third kappa shape index (κ3) is 2.84. The van der Waals surface area contributed by atoms with E-state index in [0.717, 1.165) is 11.1 Å². The van der Waals surface area contributed by atoms with Gasteiger partial charge in [-0.3, -0.25) is 0 Å². The maximum atomic E-state index is 11.7. The van der Waals surface area contributed by atoms with Crippen LogP contribution in [0.3, 0.4) is 0 Å². The van der Waals surface area contributed by atoms with Crippen LogP contribution in [0.5, 0.6) is 5.75 Å². The highest BCUT2D eigenvalue weighted by Crippen LogP contribution is 2.25.